The van der Waals surface area contributed by atoms with E-state index in [4.69, 9.17) is 5.26 Å². The number of nitriles is 1. The summed E-state index contributed by atoms with van der Waals surface area (Å²) in [6.45, 7) is 2.07. The SMILES string of the molecule is CCNC(=O)NC(=O)/C(C#N)=N\OC. The third-order valence-electron chi connectivity index (χ3n) is 1.07. The number of nitrogens with one attached hydrogen (secondary N) is 2. The summed E-state index contributed by atoms with van der Waals surface area (Å²) < 4.78 is 0. The van der Waals surface area contributed by atoms with Gasteiger partial charge in [-0.25, -0.2) is 4.79 Å². The predicted molar refractivity (Wildman–Crippen MR) is 47.3 cm³/mol. The summed E-state index contributed by atoms with van der Waals surface area (Å²) in [5.74, 6) is -0.903. The lowest BCUT2D eigenvalue weighted by Crippen LogP contribution is -2.42. The summed E-state index contributed by atoms with van der Waals surface area (Å²) in [6.07, 6.45) is 0. The van der Waals surface area contributed by atoms with Crippen LogP contribution in [0.15, 0.2) is 5.16 Å². The van der Waals surface area contributed by atoms with Gasteiger partial charge in [0.05, 0.1) is 0 Å². The molecule has 0 bridgehead atoms. The molecule has 0 aromatic rings. The maximum Gasteiger partial charge on any atom is 0.321 e. The minimum absolute atomic E-state index is 0.377. The fourth-order valence-corrected chi connectivity index (χ4v) is 0.571. The first-order valence-corrected chi connectivity index (χ1v) is 3.76. The number of carbonyl (C=O) groups excluding carboxylic acids is 2. The quantitative estimate of drug-likeness (QED) is 0.464. The Morgan fingerprint density at radius 1 is 1.57 bits per heavy atom. The van der Waals surface area contributed by atoms with Crippen LogP contribution in [0.25, 0.3) is 0 Å². The lowest BCUT2D eigenvalue weighted by Gasteiger charge is -2.01. The molecule has 0 aromatic carbocycles. The molecular weight excluding hydrogens is 188 g/mol. The van der Waals surface area contributed by atoms with Gasteiger partial charge in [0, 0.05) is 6.54 Å². The number of carbonyl (C=O) groups is 2. The molecule has 0 radical (unpaired) electrons. The molecule has 7 heteroatoms. The van der Waals surface area contributed by atoms with Gasteiger partial charge in [0.2, 0.25) is 5.71 Å². The van der Waals surface area contributed by atoms with Crippen molar-refractivity contribution in [2.75, 3.05) is 13.7 Å². The van der Waals surface area contributed by atoms with E-state index in [1.54, 1.807) is 6.92 Å². The molecule has 0 heterocycles. The van der Waals surface area contributed by atoms with Crippen LogP contribution in [-0.4, -0.2) is 31.3 Å². The molecule has 0 rings (SSSR count). The normalized spacial score (nSPS) is 9.93. The number of hydrogen-bond acceptors (Lipinski definition) is 5. The van der Waals surface area contributed by atoms with Crippen molar-refractivity contribution in [2.24, 2.45) is 5.16 Å². The number of urea groups is 1. The lowest BCUT2D eigenvalue weighted by molar-refractivity contribution is -0.113. The number of oxime groups is 1. The average molecular weight is 198 g/mol. The van der Waals surface area contributed by atoms with Gasteiger partial charge >= 0.3 is 6.03 Å². The van der Waals surface area contributed by atoms with Crippen molar-refractivity contribution in [1.29, 1.82) is 5.26 Å². The van der Waals surface area contributed by atoms with E-state index < -0.39 is 17.6 Å². The third-order valence-corrected chi connectivity index (χ3v) is 1.07. The molecule has 14 heavy (non-hydrogen) atoms. The smallest absolute Gasteiger partial charge is 0.321 e. The minimum Gasteiger partial charge on any atom is -0.398 e. The van der Waals surface area contributed by atoms with Crippen LogP contribution < -0.4 is 10.6 Å². The van der Waals surface area contributed by atoms with Crippen molar-refractivity contribution in [3.63, 3.8) is 0 Å². The maximum atomic E-state index is 11.0. The van der Waals surface area contributed by atoms with Gasteiger partial charge in [0.1, 0.15) is 13.2 Å². The predicted octanol–water partition coefficient (Wildman–Crippen LogP) is -0.642. The Bertz CT molecular complexity index is 292. The highest BCUT2D eigenvalue weighted by atomic mass is 16.6. The van der Waals surface area contributed by atoms with Crippen LogP contribution in [0.5, 0.6) is 0 Å². The van der Waals surface area contributed by atoms with Crippen LogP contribution in [0.2, 0.25) is 0 Å². The molecule has 0 saturated carbocycles. The highest BCUT2D eigenvalue weighted by Gasteiger charge is 2.14. The lowest BCUT2D eigenvalue weighted by atomic mass is 10.4. The van der Waals surface area contributed by atoms with Gasteiger partial charge in [0.15, 0.2) is 0 Å². The molecule has 0 aliphatic heterocycles. The van der Waals surface area contributed by atoms with Gasteiger partial charge in [-0.05, 0) is 6.92 Å². The van der Waals surface area contributed by atoms with Crippen molar-refractivity contribution >= 4 is 17.6 Å². The van der Waals surface area contributed by atoms with Crippen molar-refractivity contribution in [3.05, 3.63) is 0 Å². The average Bonchev–Trinajstić information content (AvgIpc) is 2.14. The zero-order valence-corrected chi connectivity index (χ0v) is 7.83. The highest BCUT2D eigenvalue weighted by Crippen LogP contribution is 1.79. The number of imide groups is 1. The van der Waals surface area contributed by atoms with Crippen molar-refractivity contribution in [2.45, 2.75) is 6.92 Å². The Morgan fingerprint density at radius 3 is 2.64 bits per heavy atom. The Morgan fingerprint density at radius 2 is 2.21 bits per heavy atom. The van der Waals surface area contributed by atoms with Crippen LogP contribution in [0.4, 0.5) is 4.79 Å². The van der Waals surface area contributed by atoms with Gasteiger partial charge in [-0.3, -0.25) is 10.1 Å². The van der Waals surface area contributed by atoms with Crippen LogP contribution in [-0.2, 0) is 9.63 Å². The fourth-order valence-electron chi connectivity index (χ4n) is 0.571. The van der Waals surface area contributed by atoms with Crippen LogP contribution in [0.1, 0.15) is 6.92 Å². The van der Waals surface area contributed by atoms with Crippen molar-refractivity contribution in [3.8, 4) is 6.07 Å². The summed E-state index contributed by atoms with van der Waals surface area (Å²) in [7, 11) is 1.19. The van der Waals surface area contributed by atoms with E-state index in [1.807, 2.05) is 5.32 Å². The van der Waals surface area contributed by atoms with E-state index in [2.05, 4.69) is 15.3 Å². The molecule has 3 amide bonds. The van der Waals surface area contributed by atoms with Crippen molar-refractivity contribution < 1.29 is 14.4 Å². The summed E-state index contributed by atoms with van der Waals surface area (Å²) in [6, 6.07) is 0.799. The summed E-state index contributed by atoms with van der Waals surface area (Å²) in [4.78, 5) is 26.1. The molecular formula is C7H10N4O3. The highest BCUT2D eigenvalue weighted by molar-refractivity contribution is 6.46. The molecule has 0 unspecified atom stereocenters. The zero-order valence-electron chi connectivity index (χ0n) is 7.83. The van der Waals surface area contributed by atoms with E-state index >= 15 is 0 Å². The molecule has 0 atom stereocenters. The first kappa shape index (κ1) is 11.9. The van der Waals surface area contributed by atoms with E-state index in [0.717, 1.165) is 0 Å². The molecule has 0 saturated heterocycles. The number of amides is 3. The molecule has 0 aromatic heterocycles. The Labute approximate surface area is 80.7 Å². The second-order valence-corrected chi connectivity index (χ2v) is 2.05. The first-order valence-electron chi connectivity index (χ1n) is 3.76. The Kier molecular flexibility index (Phi) is 5.46. The standard InChI is InChI=1S/C7H10N4O3/c1-3-9-7(13)10-6(12)5(4-8)11-14-2/h3H2,1-2H3,(H2,9,10,12,13)/b11-5-. The molecule has 76 valence electrons. The molecule has 0 fully saturated rings. The van der Waals surface area contributed by atoms with Gasteiger partial charge in [-0.15, -0.1) is 0 Å². The molecule has 0 aliphatic rings. The number of nitrogens with zero attached hydrogens (tertiary/aromatic N) is 2. The number of rotatable bonds is 3. The monoisotopic (exact) mass is 198 g/mol. The second-order valence-electron chi connectivity index (χ2n) is 2.05. The van der Waals surface area contributed by atoms with Crippen molar-refractivity contribution in [1.82, 2.24) is 10.6 Å². The van der Waals surface area contributed by atoms with Gasteiger partial charge < -0.3 is 10.2 Å². The summed E-state index contributed by atoms with van der Waals surface area (Å²) >= 11 is 0. The molecule has 0 aliphatic carbocycles. The fraction of sp³-hybridized carbons (Fsp3) is 0.429. The van der Waals surface area contributed by atoms with E-state index in [-0.39, 0.29) is 0 Å². The second kappa shape index (κ2) is 6.42. The van der Waals surface area contributed by atoms with Gasteiger partial charge in [-0.1, -0.05) is 5.16 Å². The molecule has 7 nitrogen and oxygen atoms in total. The zero-order chi connectivity index (χ0) is 11.0. The Hall–Kier alpha value is -2.10. The summed E-state index contributed by atoms with van der Waals surface area (Å²) in [5.41, 5.74) is -0.515. The molecule has 0 spiro atoms. The van der Waals surface area contributed by atoms with Crippen LogP contribution in [0, 0.1) is 11.3 Å². The maximum absolute atomic E-state index is 11.0. The summed E-state index contributed by atoms with van der Waals surface area (Å²) in [5, 5.41) is 15.8. The van der Waals surface area contributed by atoms with E-state index in [9.17, 15) is 9.59 Å². The van der Waals surface area contributed by atoms with E-state index in [1.165, 1.54) is 13.2 Å². The van der Waals surface area contributed by atoms with Crippen LogP contribution in [0.3, 0.4) is 0 Å². The first-order chi connectivity index (χ1) is 6.65. The Balaban J connectivity index is 4.27. The number of hydrogen-bond donors (Lipinski definition) is 2. The topological polar surface area (TPSA) is 104 Å². The minimum atomic E-state index is -0.903. The van der Waals surface area contributed by atoms with Gasteiger partial charge in [0.25, 0.3) is 5.91 Å². The largest absolute Gasteiger partial charge is 0.398 e. The third kappa shape index (κ3) is 4.06. The van der Waals surface area contributed by atoms with Gasteiger partial charge in [-0.2, -0.15) is 5.26 Å². The van der Waals surface area contributed by atoms with Crippen LogP contribution >= 0.6 is 0 Å². The molecule has 2 N–H and O–H groups in total. The van der Waals surface area contributed by atoms with E-state index in [0.29, 0.717) is 6.54 Å².